The lowest BCUT2D eigenvalue weighted by molar-refractivity contribution is 0.0975. The number of amides is 2. The second kappa shape index (κ2) is 7.74. The number of hydrogen-bond acceptors (Lipinski definition) is 4. The molecule has 0 fully saturated rings. The molecule has 0 atom stereocenters. The molecule has 0 saturated heterocycles. The van der Waals surface area contributed by atoms with E-state index in [-0.39, 0.29) is 11.0 Å². The van der Waals surface area contributed by atoms with Gasteiger partial charge < -0.3 is 11.1 Å². The Labute approximate surface area is 154 Å². The molecule has 2 amide bonds. The summed E-state index contributed by atoms with van der Waals surface area (Å²) in [5.74, 6) is -0.915. The number of thiophene rings is 1. The highest BCUT2D eigenvalue weighted by Crippen LogP contribution is 2.33. The molecule has 8 heteroatoms. The zero-order valence-corrected chi connectivity index (χ0v) is 15.5. The maximum absolute atomic E-state index is 12.2. The smallest absolute Gasteiger partial charge is 0.257 e. The molecule has 0 aliphatic carbocycles. The number of hydrogen-bond donors (Lipinski definition) is 3. The lowest BCUT2D eigenvalue weighted by Crippen LogP contribution is -2.34. The molecule has 0 spiro atoms. The number of primary amides is 1. The summed E-state index contributed by atoms with van der Waals surface area (Å²) in [7, 11) is 0. The largest absolute Gasteiger partial charge is 0.365 e. The molecule has 4 N–H and O–H groups in total. The quantitative estimate of drug-likeness (QED) is 0.707. The van der Waals surface area contributed by atoms with E-state index in [9.17, 15) is 9.59 Å². The summed E-state index contributed by atoms with van der Waals surface area (Å²) >= 11 is 12.4. The first-order chi connectivity index (χ1) is 11.3. The van der Waals surface area contributed by atoms with Gasteiger partial charge in [0.15, 0.2) is 5.11 Å². The summed E-state index contributed by atoms with van der Waals surface area (Å²) in [6.07, 6.45) is 0.684. The number of rotatable bonds is 4. The molecule has 0 aliphatic heterocycles. The van der Waals surface area contributed by atoms with E-state index in [1.807, 2.05) is 13.8 Å². The summed E-state index contributed by atoms with van der Waals surface area (Å²) < 4.78 is 0. The van der Waals surface area contributed by atoms with Crippen molar-refractivity contribution in [1.82, 2.24) is 5.32 Å². The second-order valence-electron chi connectivity index (χ2n) is 4.98. The van der Waals surface area contributed by atoms with Gasteiger partial charge in [0.1, 0.15) is 5.00 Å². The molecule has 2 rings (SSSR count). The minimum Gasteiger partial charge on any atom is -0.365 e. The third-order valence-electron chi connectivity index (χ3n) is 3.35. The number of halogens is 1. The van der Waals surface area contributed by atoms with Crippen LogP contribution in [0, 0.1) is 6.92 Å². The summed E-state index contributed by atoms with van der Waals surface area (Å²) in [5.41, 5.74) is 7.16. The number of benzene rings is 1. The van der Waals surface area contributed by atoms with Gasteiger partial charge in [-0.15, -0.1) is 11.3 Å². The molecular formula is C16H16ClN3O2S2. The van der Waals surface area contributed by atoms with Crippen LogP contribution < -0.4 is 16.4 Å². The van der Waals surface area contributed by atoms with E-state index < -0.39 is 5.91 Å². The zero-order valence-electron chi connectivity index (χ0n) is 13.1. The summed E-state index contributed by atoms with van der Waals surface area (Å²) in [6.45, 7) is 3.86. The van der Waals surface area contributed by atoms with Crippen molar-refractivity contribution in [3.63, 3.8) is 0 Å². The molecule has 0 unspecified atom stereocenters. The lowest BCUT2D eigenvalue weighted by atomic mass is 10.1. The Morgan fingerprint density at radius 3 is 2.67 bits per heavy atom. The third-order valence-corrected chi connectivity index (χ3v) is 4.85. The van der Waals surface area contributed by atoms with E-state index in [0.29, 0.717) is 27.6 Å². The highest BCUT2D eigenvalue weighted by molar-refractivity contribution is 7.80. The highest BCUT2D eigenvalue weighted by atomic mass is 35.5. The van der Waals surface area contributed by atoms with Gasteiger partial charge in [-0.2, -0.15) is 0 Å². The van der Waals surface area contributed by atoms with Crippen LogP contribution in [0.3, 0.4) is 0 Å². The predicted molar refractivity (Wildman–Crippen MR) is 102 cm³/mol. The van der Waals surface area contributed by atoms with E-state index >= 15 is 0 Å². The zero-order chi connectivity index (χ0) is 17.9. The molecule has 0 radical (unpaired) electrons. The molecular weight excluding hydrogens is 366 g/mol. The number of nitrogens with one attached hydrogen (secondary N) is 2. The lowest BCUT2D eigenvalue weighted by Gasteiger charge is -2.10. The van der Waals surface area contributed by atoms with Crippen LogP contribution in [0.1, 0.15) is 38.1 Å². The first-order valence-electron chi connectivity index (χ1n) is 7.13. The topological polar surface area (TPSA) is 84.2 Å². The van der Waals surface area contributed by atoms with Gasteiger partial charge in [-0.05, 0) is 49.3 Å². The van der Waals surface area contributed by atoms with Crippen LogP contribution in [0.2, 0.25) is 5.02 Å². The first-order valence-corrected chi connectivity index (χ1v) is 8.73. The van der Waals surface area contributed by atoms with Gasteiger partial charge in [-0.3, -0.25) is 14.9 Å². The molecule has 24 heavy (non-hydrogen) atoms. The summed E-state index contributed by atoms with van der Waals surface area (Å²) in [6, 6.07) is 6.52. The first kappa shape index (κ1) is 18.4. The van der Waals surface area contributed by atoms with E-state index in [2.05, 4.69) is 10.6 Å². The van der Waals surface area contributed by atoms with Gasteiger partial charge in [0, 0.05) is 15.5 Å². The number of nitrogens with two attached hydrogens (primary N) is 1. The second-order valence-corrected chi connectivity index (χ2v) is 7.05. The van der Waals surface area contributed by atoms with Crippen molar-refractivity contribution in [3.8, 4) is 0 Å². The van der Waals surface area contributed by atoms with Crippen LogP contribution in [0.25, 0.3) is 0 Å². The van der Waals surface area contributed by atoms with Crippen molar-refractivity contribution in [2.75, 3.05) is 5.32 Å². The maximum atomic E-state index is 12.2. The third kappa shape index (κ3) is 4.11. The van der Waals surface area contributed by atoms with Crippen LogP contribution in [-0.2, 0) is 6.42 Å². The Bertz CT molecular complexity index is 818. The molecule has 1 aromatic carbocycles. The Morgan fingerprint density at radius 2 is 2.08 bits per heavy atom. The fourth-order valence-corrected chi connectivity index (χ4v) is 3.90. The van der Waals surface area contributed by atoms with E-state index in [1.165, 1.54) is 11.3 Å². The summed E-state index contributed by atoms with van der Waals surface area (Å²) in [5, 5.41) is 6.53. The van der Waals surface area contributed by atoms with Crippen molar-refractivity contribution in [2.45, 2.75) is 20.3 Å². The van der Waals surface area contributed by atoms with E-state index in [4.69, 9.17) is 29.6 Å². The minimum atomic E-state index is -0.525. The van der Waals surface area contributed by atoms with Crippen molar-refractivity contribution in [1.29, 1.82) is 0 Å². The molecule has 0 bridgehead atoms. The fourth-order valence-electron chi connectivity index (χ4n) is 2.29. The Morgan fingerprint density at radius 1 is 1.38 bits per heavy atom. The minimum absolute atomic E-state index is 0.0892. The van der Waals surface area contributed by atoms with Crippen molar-refractivity contribution < 1.29 is 9.59 Å². The molecule has 0 saturated carbocycles. The highest BCUT2D eigenvalue weighted by Gasteiger charge is 2.20. The monoisotopic (exact) mass is 381 g/mol. The van der Waals surface area contributed by atoms with Crippen molar-refractivity contribution in [2.24, 2.45) is 5.73 Å². The van der Waals surface area contributed by atoms with Gasteiger partial charge in [0.25, 0.3) is 11.8 Å². The Hall–Kier alpha value is -1.96. The van der Waals surface area contributed by atoms with Crippen molar-refractivity contribution >= 4 is 57.1 Å². The number of anilines is 1. The van der Waals surface area contributed by atoms with Gasteiger partial charge in [0.2, 0.25) is 0 Å². The van der Waals surface area contributed by atoms with Gasteiger partial charge in [-0.25, -0.2) is 0 Å². The number of carbonyl (C=O) groups is 2. The Balaban J connectivity index is 2.16. The molecule has 126 valence electrons. The Kier molecular flexibility index (Phi) is 5.93. The van der Waals surface area contributed by atoms with Crippen LogP contribution in [-0.4, -0.2) is 16.9 Å². The van der Waals surface area contributed by atoms with E-state index in [1.54, 1.807) is 24.3 Å². The molecule has 5 nitrogen and oxygen atoms in total. The number of aryl methyl sites for hydroxylation is 1. The number of thiocarbonyl (C=S) groups is 1. The van der Waals surface area contributed by atoms with Crippen LogP contribution in [0.4, 0.5) is 5.00 Å². The van der Waals surface area contributed by atoms with Gasteiger partial charge >= 0.3 is 0 Å². The standard InChI is InChI=1S/C16H16ClN3O2S2/c1-3-11-8(2)24-15(12(11)13(18)21)20-16(23)19-14(22)9-5-4-6-10(17)7-9/h4-7H,3H2,1-2H3,(H2,18,21)(H2,19,20,22,23). The average molecular weight is 382 g/mol. The van der Waals surface area contributed by atoms with Crippen LogP contribution >= 0.6 is 35.2 Å². The SMILES string of the molecule is CCc1c(C)sc(NC(=S)NC(=O)c2cccc(Cl)c2)c1C(N)=O. The van der Waals surface area contributed by atoms with Crippen LogP contribution in [0.15, 0.2) is 24.3 Å². The van der Waals surface area contributed by atoms with Gasteiger partial charge in [-0.1, -0.05) is 24.6 Å². The predicted octanol–water partition coefficient (Wildman–Crippen LogP) is 3.50. The van der Waals surface area contributed by atoms with Gasteiger partial charge in [0.05, 0.1) is 5.56 Å². The summed E-state index contributed by atoms with van der Waals surface area (Å²) in [4.78, 5) is 24.9. The molecule has 1 aromatic heterocycles. The average Bonchev–Trinajstić information content (AvgIpc) is 2.82. The van der Waals surface area contributed by atoms with Crippen molar-refractivity contribution in [3.05, 3.63) is 50.9 Å². The molecule has 0 aliphatic rings. The van der Waals surface area contributed by atoms with E-state index in [0.717, 1.165) is 10.4 Å². The normalized spacial score (nSPS) is 10.3. The number of carbonyl (C=O) groups excluding carboxylic acids is 2. The molecule has 1 heterocycles. The molecule has 2 aromatic rings. The van der Waals surface area contributed by atoms with Crippen LogP contribution in [0.5, 0.6) is 0 Å². The fraction of sp³-hybridized carbons (Fsp3) is 0.188. The maximum Gasteiger partial charge on any atom is 0.257 e.